The molecular weight excluding hydrogens is 450 g/mol. The number of aromatic amines is 1. The van der Waals surface area contributed by atoms with Gasteiger partial charge in [-0.2, -0.15) is 0 Å². The van der Waals surface area contributed by atoms with Crippen molar-refractivity contribution in [2.24, 2.45) is 7.05 Å². The highest BCUT2D eigenvalue weighted by Gasteiger charge is 2.13. The molecule has 0 bridgehead atoms. The van der Waals surface area contributed by atoms with Crippen molar-refractivity contribution in [2.45, 2.75) is 26.9 Å². The van der Waals surface area contributed by atoms with Crippen molar-refractivity contribution in [3.63, 3.8) is 0 Å². The van der Waals surface area contributed by atoms with Crippen LogP contribution >= 0.6 is 11.6 Å². The number of pyridine rings is 1. The van der Waals surface area contributed by atoms with E-state index in [9.17, 15) is 9.59 Å². The van der Waals surface area contributed by atoms with Crippen molar-refractivity contribution < 1.29 is 4.79 Å². The summed E-state index contributed by atoms with van der Waals surface area (Å²) in [6.07, 6.45) is 5.32. The first-order valence-corrected chi connectivity index (χ1v) is 11.2. The molecule has 2 aromatic carbocycles. The van der Waals surface area contributed by atoms with Gasteiger partial charge in [-0.25, -0.2) is 0 Å². The molecule has 2 heterocycles. The Hall–Kier alpha value is -3.84. The number of halogens is 1. The lowest BCUT2D eigenvalue weighted by Gasteiger charge is -2.13. The van der Waals surface area contributed by atoms with E-state index < -0.39 is 0 Å². The van der Waals surface area contributed by atoms with Crippen molar-refractivity contribution >= 4 is 17.5 Å². The molecule has 34 heavy (non-hydrogen) atoms. The summed E-state index contributed by atoms with van der Waals surface area (Å²) < 4.78 is 3.52. The molecule has 0 unspecified atom stereocenters. The second-order valence-electron chi connectivity index (χ2n) is 8.44. The zero-order chi connectivity index (χ0) is 24.4. The Morgan fingerprint density at radius 2 is 1.85 bits per heavy atom. The third kappa shape index (κ3) is 5.05. The SMILES string of the molecule is Cc1cc(CNC(=O)c2cc(Cn3ccn(C)c3=N)cc(-c3c[nH]c(=O)cc3C)c2)ccc1Cl. The topological polar surface area (TPSA) is 95.7 Å². The molecule has 0 spiro atoms. The van der Waals surface area contributed by atoms with Crippen LogP contribution in [0, 0.1) is 19.3 Å². The molecule has 0 saturated heterocycles. The van der Waals surface area contributed by atoms with E-state index in [-0.39, 0.29) is 11.5 Å². The zero-order valence-electron chi connectivity index (χ0n) is 19.3. The predicted molar refractivity (Wildman–Crippen MR) is 133 cm³/mol. The minimum Gasteiger partial charge on any atom is -0.348 e. The standard InChI is InChI=1S/C26H26ClN5O2/c1-16-9-24(33)29-14-22(16)20-10-19(15-32-7-6-31(3)26(32)28)11-21(12-20)25(34)30-13-18-4-5-23(27)17(2)8-18/h4-12,14,28H,13,15H2,1-3H3,(H,29,33)(H,30,34). The van der Waals surface area contributed by atoms with Gasteiger partial charge in [0.25, 0.3) is 5.91 Å². The van der Waals surface area contributed by atoms with Crippen LogP contribution in [0.25, 0.3) is 11.1 Å². The number of H-pyrrole nitrogens is 1. The van der Waals surface area contributed by atoms with Gasteiger partial charge in [0.1, 0.15) is 0 Å². The number of nitrogens with zero attached hydrogens (tertiary/aromatic N) is 2. The van der Waals surface area contributed by atoms with Crippen molar-refractivity contribution in [1.29, 1.82) is 5.41 Å². The fourth-order valence-corrected chi connectivity index (χ4v) is 4.02. The van der Waals surface area contributed by atoms with E-state index in [1.165, 1.54) is 0 Å². The number of aromatic nitrogens is 3. The van der Waals surface area contributed by atoms with Gasteiger partial charge in [-0.15, -0.1) is 0 Å². The molecule has 8 heteroatoms. The van der Waals surface area contributed by atoms with Crippen molar-refractivity contribution in [2.75, 3.05) is 0 Å². The van der Waals surface area contributed by atoms with Crippen LogP contribution in [0.4, 0.5) is 0 Å². The fourth-order valence-electron chi connectivity index (χ4n) is 3.90. The quantitative estimate of drug-likeness (QED) is 0.394. The van der Waals surface area contributed by atoms with Crippen LogP contribution in [0.1, 0.15) is 32.6 Å². The minimum absolute atomic E-state index is 0.174. The van der Waals surface area contributed by atoms with Gasteiger partial charge >= 0.3 is 0 Å². The van der Waals surface area contributed by atoms with Gasteiger partial charge in [0.05, 0.1) is 6.54 Å². The normalized spacial score (nSPS) is 10.9. The van der Waals surface area contributed by atoms with Gasteiger partial charge < -0.3 is 19.4 Å². The van der Waals surface area contributed by atoms with Crippen LogP contribution in [-0.4, -0.2) is 20.0 Å². The van der Waals surface area contributed by atoms with Gasteiger partial charge in [0.15, 0.2) is 0 Å². The first kappa shape index (κ1) is 23.3. The van der Waals surface area contributed by atoms with E-state index in [0.717, 1.165) is 33.4 Å². The maximum Gasteiger partial charge on any atom is 0.251 e. The van der Waals surface area contributed by atoms with Crippen molar-refractivity contribution in [3.05, 3.63) is 110 Å². The molecule has 0 aliphatic carbocycles. The molecule has 4 aromatic rings. The Labute approximate surface area is 202 Å². The number of carbonyl (C=O) groups excluding carboxylic acids is 1. The van der Waals surface area contributed by atoms with Crippen molar-refractivity contribution in [1.82, 2.24) is 19.4 Å². The van der Waals surface area contributed by atoms with E-state index in [0.29, 0.717) is 29.3 Å². The lowest BCUT2D eigenvalue weighted by molar-refractivity contribution is 0.0951. The number of nitrogens with one attached hydrogen (secondary N) is 3. The van der Waals surface area contributed by atoms with Crippen LogP contribution in [0.5, 0.6) is 0 Å². The molecule has 1 amide bonds. The summed E-state index contributed by atoms with van der Waals surface area (Å²) in [5, 5.41) is 11.9. The van der Waals surface area contributed by atoms with Crippen LogP contribution in [-0.2, 0) is 20.1 Å². The molecule has 7 nitrogen and oxygen atoms in total. The fraction of sp³-hybridized carbons (Fsp3) is 0.192. The third-order valence-electron chi connectivity index (χ3n) is 5.80. The Balaban J connectivity index is 1.69. The van der Waals surface area contributed by atoms with E-state index in [1.54, 1.807) is 21.4 Å². The van der Waals surface area contributed by atoms with Crippen LogP contribution in [0.2, 0.25) is 5.02 Å². The van der Waals surface area contributed by atoms with Gasteiger partial charge in [-0.05, 0) is 65.9 Å². The number of imidazole rings is 1. The molecule has 4 rings (SSSR count). The monoisotopic (exact) mass is 475 g/mol. The number of hydrogen-bond donors (Lipinski definition) is 3. The lowest BCUT2D eigenvalue weighted by Crippen LogP contribution is -2.24. The summed E-state index contributed by atoms with van der Waals surface area (Å²) in [6.45, 7) is 4.61. The van der Waals surface area contributed by atoms with Crippen LogP contribution in [0.15, 0.2) is 65.8 Å². The maximum atomic E-state index is 13.1. The van der Waals surface area contributed by atoms with Crippen molar-refractivity contribution in [3.8, 4) is 11.1 Å². The first-order valence-electron chi connectivity index (χ1n) is 10.8. The second kappa shape index (κ2) is 9.57. The third-order valence-corrected chi connectivity index (χ3v) is 6.23. The Morgan fingerprint density at radius 3 is 2.53 bits per heavy atom. The molecule has 0 aliphatic heterocycles. The first-order chi connectivity index (χ1) is 16.2. The van der Waals surface area contributed by atoms with E-state index in [4.69, 9.17) is 17.0 Å². The molecule has 0 radical (unpaired) electrons. The highest BCUT2D eigenvalue weighted by atomic mass is 35.5. The Morgan fingerprint density at radius 1 is 1.06 bits per heavy atom. The summed E-state index contributed by atoms with van der Waals surface area (Å²) in [5.41, 5.74) is 5.96. The van der Waals surface area contributed by atoms with Gasteiger partial charge in [0, 0.05) is 54.4 Å². The largest absolute Gasteiger partial charge is 0.348 e. The summed E-state index contributed by atoms with van der Waals surface area (Å²) >= 11 is 6.11. The Kier molecular flexibility index (Phi) is 6.56. The summed E-state index contributed by atoms with van der Waals surface area (Å²) in [7, 11) is 1.82. The summed E-state index contributed by atoms with van der Waals surface area (Å²) in [4.78, 5) is 27.6. The number of rotatable bonds is 6. The highest BCUT2D eigenvalue weighted by molar-refractivity contribution is 6.31. The van der Waals surface area contributed by atoms with Crippen LogP contribution < -0.4 is 16.5 Å². The van der Waals surface area contributed by atoms with Crippen LogP contribution in [0.3, 0.4) is 0 Å². The molecular formula is C26H26ClN5O2. The molecule has 174 valence electrons. The average molecular weight is 476 g/mol. The average Bonchev–Trinajstić information content (AvgIpc) is 3.11. The number of amides is 1. The lowest BCUT2D eigenvalue weighted by atomic mass is 9.97. The number of benzene rings is 2. The molecule has 2 aromatic heterocycles. The molecule has 0 fully saturated rings. The molecule has 3 N–H and O–H groups in total. The Bertz CT molecular complexity index is 1500. The molecule has 0 saturated carbocycles. The molecule has 0 aliphatic rings. The summed E-state index contributed by atoms with van der Waals surface area (Å²) in [6, 6.07) is 12.9. The van der Waals surface area contributed by atoms with E-state index >= 15 is 0 Å². The minimum atomic E-state index is -0.207. The van der Waals surface area contributed by atoms with Gasteiger partial charge in [-0.3, -0.25) is 15.0 Å². The smallest absolute Gasteiger partial charge is 0.251 e. The van der Waals surface area contributed by atoms with E-state index in [2.05, 4.69) is 10.3 Å². The van der Waals surface area contributed by atoms with Gasteiger partial charge in [-0.1, -0.05) is 23.7 Å². The number of carbonyl (C=O) groups is 1. The highest BCUT2D eigenvalue weighted by Crippen LogP contribution is 2.25. The van der Waals surface area contributed by atoms with Gasteiger partial charge in [0.2, 0.25) is 11.2 Å². The maximum absolute atomic E-state index is 13.1. The number of hydrogen-bond acceptors (Lipinski definition) is 3. The summed E-state index contributed by atoms with van der Waals surface area (Å²) in [5.74, 6) is -0.207. The van der Waals surface area contributed by atoms with E-state index in [1.807, 2.05) is 69.7 Å². The molecule has 0 atom stereocenters. The second-order valence-corrected chi connectivity index (χ2v) is 8.85. The predicted octanol–water partition coefficient (Wildman–Crippen LogP) is 3.91. The number of aryl methyl sites for hydroxylation is 3. The zero-order valence-corrected chi connectivity index (χ0v) is 20.0.